The standard InChI is InChI=1S/C14H22N4/c1-4-10-18-13-8-6-5-7-12(13)16-14(18)15-9-11-17(2)3/h5-8H,4,9-11H2,1-3H3,(H,15,16). The molecule has 0 atom stereocenters. The molecule has 0 saturated heterocycles. The first kappa shape index (κ1) is 12.9. The lowest BCUT2D eigenvalue weighted by Gasteiger charge is -2.12. The maximum absolute atomic E-state index is 4.66. The molecule has 0 bridgehead atoms. The first-order valence-electron chi connectivity index (χ1n) is 6.56. The van der Waals surface area contributed by atoms with E-state index in [1.54, 1.807) is 0 Å². The van der Waals surface area contributed by atoms with Crippen molar-refractivity contribution in [3.8, 4) is 0 Å². The maximum Gasteiger partial charge on any atom is 0.203 e. The Labute approximate surface area is 109 Å². The van der Waals surface area contributed by atoms with Crippen LogP contribution in [0.15, 0.2) is 24.3 Å². The molecule has 1 heterocycles. The first-order valence-corrected chi connectivity index (χ1v) is 6.56. The number of fused-ring (bicyclic) bond motifs is 1. The van der Waals surface area contributed by atoms with Crippen LogP contribution in [-0.4, -0.2) is 41.6 Å². The Bertz CT molecular complexity index is 501. The molecule has 0 aliphatic carbocycles. The van der Waals surface area contributed by atoms with Gasteiger partial charge in [0.15, 0.2) is 0 Å². The quantitative estimate of drug-likeness (QED) is 0.849. The van der Waals surface area contributed by atoms with E-state index in [4.69, 9.17) is 0 Å². The minimum Gasteiger partial charge on any atom is -0.354 e. The molecular formula is C14H22N4. The summed E-state index contributed by atoms with van der Waals surface area (Å²) < 4.78 is 2.27. The topological polar surface area (TPSA) is 33.1 Å². The molecule has 98 valence electrons. The van der Waals surface area contributed by atoms with Crippen LogP contribution < -0.4 is 5.32 Å². The first-order chi connectivity index (χ1) is 8.72. The predicted octanol–water partition coefficient (Wildman–Crippen LogP) is 2.42. The maximum atomic E-state index is 4.66. The summed E-state index contributed by atoms with van der Waals surface area (Å²) in [4.78, 5) is 6.83. The Hall–Kier alpha value is -1.55. The monoisotopic (exact) mass is 246 g/mol. The van der Waals surface area contributed by atoms with Crippen molar-refractivity contribution in [3.63, 3.8) is 0 Å². The van der Waals surface area contributed by atoms with Gasteiger partial charge in [0.1, 0.15) is 0 Å². The van der Waals surface area contributed by atoms with Crippen molar-refractivity contribution in [3.05, 3.63) is 24.3 Å². The summed E-state index contributed by atoms with van der Waals surface area (Å²) in [6.07, 6.45) is 1.11. The van der Waals surface area contributed by atoms with Gasteiger partial charge in [0.2, 0.25) is 5.95 Å². The Morgan fingerprint density at radius 2 is 2.06 bits per heavy atom. The molecule has 0 aliphatic rings. The van der Waals surface area contributed by atoms with Crippen molar-refractivity contribution in [2.24, 2.45) is 0 Å². The molecule has 4 heteroatoms. The smallest absolute Gasteiger partial charge is 0.203 e. The molecule has 4 nitrogen and oxygen atoms in total. The third-order valence-corrected chi connectivity index (χ3v) is 2.94. The van der Waals surface area contributed by atoms with Crippen molar-refractivity contribution in [1.82, 2.24) is 14.5 Å². The number of hydrogen-bond acceptors (Lipinski definition) is 3. The third-order valence-electron chi connectivity index (χ3n) is 2.94. The number of aryl methyl sites for hydroxylation is 1. The van der Waals surface area contributed by atoms with Crippen molar-refractivity contribution in [1.29, 1.82) is 0 Å². The van der Waals surface area contributed by atoms with Gasteiger partial charge < -0.3 is 14.8 Å². The molecule has 1 aromatic carbocycles. The van der Waals surface area contributed by atoms with E-state index in [1.165, 1.54) is 5.52 Å². The van der Waals surface area contributed by atoms with Crippen LogP contribution in [-0.2, 0) is 6.54 Å². The fraction of sp³-hybridized carbons (Fsp3) is 0.500. The molecule has 0 unspecified atom stereocenters. The van der Waals surface area contributed by atoms with Gasteiger partial charge in [-0.3, -0.25) is 0 Å². The van der Waals surface area contributed by atoms with Gasteiger partial charge in [0, 0.05) is 19.6 Å². The van der Waals surface area contributed by atoms with E-state index in [0.717, 1.165) is 37.5 Å². The zero-order valence-electron chi connectivity index (χ0n) is 11.5. The Balaban J connectivity index is 2.22. The number of para-hydroxylation sites is 2. The number of imidazole rings is 1. The van der Waals surface area contributed by atoms with Crippen molar-refractivity contribution >= 4 is 17.0 Å². The van der Waals surface area contributed by atoms with E-state index < -0.39 is 0 Å². The highest BCUT2D eigenvalue weighted by Gasteiger charge is 2.08. The summed E-state index contributed by atoms with van der Waals surface area (Å²) in [6, 6.07) is 8.31. The molecular weight excluding hydrogens is 224 g/mol. The Morgan fingerprint density at radius 3 is 2.78 bits per heavy atom. The van der Waals surface area contributed by atoms with E-state index >= 15 is 0 Å². The minimum atomic E-state index is 0.917. The van der Waals surface area contributed by atoms with Crippen molar-refractivity contribution < 1.29 is 0 Å². The molecule has 0 radical (unpaired) electrons. The van der Waals surface area contributed by atoms with Crippen LogP contribution in [0.3, 0.4) is 0 Å². The van der Waals surface area contributed by atoms with Crippen LogP contribution >= 0.6 is 0 Å². The average molecular weight is 246 g/mol. The zero-order valence-corrected chi connectivity index (χ0v) is 11.5. The number of rotatable bonds is 6. The van der Waals surface area contributed by atoms with E-state index in [9.17, 15) is 0 Å². The molecule has 18 heavy (non-hydrogen) atoms. The molecule has 1 N–H and O–H groups in total. The van der Waals surface area contributed by atoms with E-state index in [-0.39, 0.29) is 0 Å². The number of nitrogens with zero attached hydrogens (tertiary/aromatic N) is 3. The molecule has 0 amide bonds. The lowest BCUT2D eigenvalue weighted by Crippen LogP contribution is -2.22. The largest absolute Gasteiger partial charge is 0.354 e. The van der Waals surface area contributed by atoms with Gasteiger partial charge >= 0.3 is 0 Å². The van der Waals surface area contributed by atoms with Crippen molar-refractivity contribution in [2.45, 2.75) is 19.9 Å². The second kappa shape index (κ2) is 5.87. The highest BCUT2D eigenvalue weighted by molar-refractivity contribution is 5.78. The van der Waals surface area contributed by atoms with Crippen LogP contribution in [0.2, 0.25) is 0 Å². The average Bonchev–Trinajstić information content (AvgIpc) is 2.68. The summed E-state index contributed by atoms with van der Waals surface area (Å²) in [5.74, 6) is 0.986. The second-order valence-electron chi connectivity index (χ2n) is 4.81. The van der Waals surface area contributed by atoms with Gasteiger partial charge in [-0.25, -0.2) is 4.98 Å². The molecule has 2 rings (SSSR count). The van der Waals surface area contributed by atoms with Gasteiger partial charge in [-0.05, 0) is 32.6 Å². The molecule has 0 aliphatic heterocycles. The highest BCUT2D eigenvalue weighted by atomic mass is 15.2. The van der Waals surface area contributed by atoms with Gasteiger partial charge in [-0.15, -0.1) is 0 Å². The summed E-state index contributed by atoms with van der Waals surface area (Å²) in [5, 5.41) is 3.43. The normalized spacial score (nSPS) is 11.3. The molecule has 2 aromatic rings. The van der Waals surface area contributed by atoms with Gasteiger partial charge in [-0.1, -0.05) is 19.1 Å². The lowest BCUT2D eigenvalue weighted by molar-refractivity contribution is 0.424. The molecule has 0 fully saturated rings. The fourth-order valence-electron chi connectivity index (χ4n) is 2.05. The molecule has 1 aromatic heterocycles. The van der Waals surface area contributed by atoms with Crippen LogP contribution in [0, 0.1) is 0 Å². The number of nitrogens with one attached hydrogen (secondary N) is 1. The van der Waals surface area contributed by atoms with E-state index in [0.29, 0.717) is 0 Å². The summed E-state index contributed by atoms with van der Waals surface area (Å²) in [5.41, 5.74) is 2.28. The second-order valence-corrected chi connectivity index (χ2v) is 4.81. The molecule has 0 spiro atoms. The number of likely N-dealkylation sites (N-methyl/N-ethyl adjacent to an activating group) is 1. The van der Waals surface area contributed by atoms with Gasteiger partial charge in [0.25, 0.3) is 0 Å². The third kappa shape index (κ3) is 2.82. The van der Waals surface area contributed by atoms with Crippen LogP contribution in [0.25, 0.3) is 11.0 Å². The van der Waals surface area contributed by atoms with Crippen LogP contribution in [0.1, 0.15) is 13.3 Å². The minimum absolute atomic E-state index is 0.917. The Kier molecular flexibility index (Phi) is 4.20. The number of benzene rings is 1. The summed E-state index contributed by atoms with van der Waals surface area (Å²) in [6.45, 7) is 5.12. The summed E-state index contributed by atoms with van der Waals surface area (Å²) >= 11 is 0. The van der Waals surface area contributed by atoms with Gasteiger partial charge in [-0.2, -0.15) is 0 Å². The number of anilines is 1. The highest BCUT2D eigenvalue weighted by Crippen LogP contribution is 2.19. The molecule has 0 saturated carbocycles. The Morgan fingerprint density at radius 1 is 1.28 bits per heavy atom. The fourth-order valence-corrected chi connectivity index (χ4v) is 2.05. The van der Waals surface area contributed by atoms with Crippen LogP contribution in [0.4, 0.5) is 5.95 Å². The number of aromatic nitrogens is 2. The van der Waals surface area contributed by atoms with E-state index in [2.05, 4.69) is 59.0 Å². The SMILES string of the molecule is CCCn1c(NCCN(C)C)nc2ccccc21. The van der Waals surface area contributed by atoms with Crippen LogP contribution in [0.5, 0.6) is 0 Å². The zero-order chi connectivity index (χ0) is 13.0. The summed E-state index contributed by atoms with van der Waals surface area (Å²) in [7, 11) is 4.16. The predicted molar refractivity (Wildman–Crippen MR) is 77.1 cm³/mol. The lowest BCUT2D eigenvalue weighted by atomic mass is 10.3. The van der Waals surface area contributed by atoms with Gasteiger partial charge in [0.05, 0.1) is 11.0 Å². The number of hydrogen-bond donors (Lipinski definition) is 1. The van der Waals surface area contributed by atoms with Crippen molar-refractivity contribution in [2.75, 3.05) is 32.5 Å². The van der Waals surface area contributed by atoms with E-state index in [1.807, 2.05) is 6.07 Å².